The van der Waals surface area contributed by atoms with Crippen molar-refractivity contribution in [3.8, 4) is 22.8 Å². The van der Waals surface area contributed by atoms with Crippen LogP contribution in [0.5, 0.6) is 11.5 Å². The maximum atomic E-state index is 11.1. The predicted molar refractivity (Wildman–Crippen MR) is 109 cm³/mol. The Morgan fingerprint density at radius 1 is 1.24 bits per heavy atom. The minimum absolute atomic E-state index is 0.229. The van der Waals surface area contributed by atoms with E-state index in [2.05, 4.69) is 15.3 Å². The number of nitrogens with one attached hydrogen (secondary N) is 1. The average molecular weight is 391 g/mol. The van der Waals surface area contributed by atoms with Gasteiger partial charge in [0.2, 0.25) is 5.95 Å². The van der Waals surface area contributed by atoms with Crippen LogP contribution in [0.3, 0.4) is 0 Å². The van der Waals surface area contributed by atoms with Gasteiger partial charge in [-0.3, -0.25) is 10.1 Å². The quantitative estimate of drug-likeness (QED) is 0.300. The van der Waals surface area contributed by atoms with E-state index < -0.39 is 16.4 Å². The molecule has 0 amide bonds. The van der Waals surface area contributed by atoms with Gasteiger partial charge < -0.3 is 19.7 Å². The predicted octanol–water partition coefficient (Wildman–Crippen LogP) is 4.00. The number of aryl methyl sites for hydroxylation is 1. The van der Waals surface area contributed by atoms with Gasteiger partial charge in [0.25, 0.3) is 0 Å². The number of hydrogen-bond acceptors (Lipinski definition) is 7. The van der Waals surface area contributed by atoms with Gasteiger partial charge in [0, 0.05) is 48.0 Å². The molecular weight excluding hydrogens is 374 g/mol. The fourth-order valence-electron chi connectivity index (χ4n) is 3.21. The number of nitro groups is 1. The smallest absolute Gasteiger partial charge is 0.313 e. The van der Waals surface area contributed by atoms with Crippen molar-refractivity contribution in [2.45, 2.75) is 0 Å². The average Bonchev–Trinajstić information content (AvgIpc) is 3.06. The lowest BCUT2D eigenvalue weighted by Crippen LogP contribution is -2.01. The first-order valence-corrected chi connectivity index (χ1v) is 8.68. The number of nitrogens with zero attached hydrogens (tertiary/aromatic N) is 4. The molecule has 0 saturated heterocycles. The number of methoxy groups -OCH3 is 1. The lowest BCUT2D eigenvalue weighted by atomic mass is 10.1. The summed E-state index contributed by atoms with van der Waals surface area (Å²) in [4.78, 5) is 19.2. The van der Waals surface area contributed by atoms with E-state index in [4.69, 9.17) is 4.74 Å². The summed E-state index contributed by atoms with van der Waals surface area (Å²) in [5.74, 6) is -0.0104. The minimum atomic E-state index is -0.673. The van der Waals surface area contributed by atoms with Gasteiger partial charge in [-0.2, -0.15) is 0 Å². The third kappa shape index (κ3) is 3.29. The Hall–Kier alpha value is -4.14. The van der Waals surface area contributed by atoms with Gasteiger partial charge in [0.05, 0.1) is 23.4 Å². The number of phenolic OH excluding ortho intramolecular Hbond substituents is 1. The molecule has 2 heterocycles. The van der Waals surface area contributed by atoms with E-state index in [9.17, 15) is 15.2 Å². The molecule has 0 saturated carbocycles. The molecule has 2 aromatic heterocycles. The highest BCUT2D eigenvalue weighted by Crippen LogP contribution is 2.38. The minimum Gasteiger partial charge on any atom is -0.502 e. The zero-order valence-electron chi connectivity index (χ0n) is 15.7. The van der Waals surface area contributed by atoms with Crippen LogP contribution in [0.25, 0.3) is 22.2 Å². The Morgan fingerprint density at radius 2 is 2.03 bits per heavy atom. The van der Waals surface area contributed by atoms with E-state index in [1.165, 1.54) is 19.2 Å². The van der Waals surface area contributed by atoms with Crippen LogP contribution in [0.4, 0.5) is 17.3 Å². The van der Waals surface area contributed by atoms with Gasteiger partial charge in [-0.05, 0) is 12.1 Å². The Labute approximate surface area is 165 Å². The molecule has 4 aromatic rings. The molecule has 9 heteroatoms. The summed E-state index contributed by atoms with van der Waals surface area (Å²) in [6.45, 7) is 0. The summed E-state index contributed by atoms with van der Waals surface area (Å²) in [6.07, 6.45) is 3.59. The van der Waals surface area contributed by atoms with E-state index in [0.717, 1.165) is 16.5 Å². The zero-order valence-corrected chi connectivity index (χ0v) is 15.7. The topological polar surface area (TPSA) is 115 Å². The largest absolute Gasteiger partial charge is 0.502 e. The number of aromatic nitrogens is 3. The number of hydrogen-bond donors (Lipinski definition) is 2. The molecule has 0 aliphatic carbocycles. The Bertz CT molecular complexity index is 1240. The Balaban J connectivity index is 1.75. The lowest BCUT2D eigenvalue weighted by molar-refractivity contribution is -0.385. The number of rotatable bonds is 5. The fraction of sp³-hybridized carbons (Fsp3) is 0.100. The number of anilines is 2. The number of phenols is 1. The Kier molecular flexibility index (Phi) is 4.47. The number of benzene rings is 2. The highest BCUT2D eigenvalue weighted by molar-refractivity contribution is 5.95. The molecule has 0 spiro atoms. The van der Waals surface area contributed by atoms with E-state index >= 15 is 0 Å². The first kappa shape index (κ1) is 18.2. The van der Waals surface area contributed by atoms with Crippen LogP contribution in [-0.2, 0) is 7.05 Å². The van der Waals surface area contributed by atoms with E-state index in [1.807, 2.05) is 42.1 Å². The number of fused-ring (bicyclic) bond motifs is 1. The van der Waals surface area contributed by atoms with Crippen LogP contribution in [0.1, 0.15) is 0 Å². The second-order valence-electron chi connectivity index (χ2n) is 6.36. The molecular formula is C20H17N5O4. The van der Waals surface area contributed by atoms with Gasteiger partial charge in [-0.25, -0.2) is 9.97 Å². The Morgan fingerprint density at radius 3 is 2.79 bits per heavy atom. The monoisotopic (exact) mass is 391 g/mol. The molecule has 2 N–H and O–H groups in total. The van der Waals surface area contributed by atoms with E-state index in [-0.39, 0.29) is 17.4 Å². The van der Waals surface area contributed by atoms with Crippen molar-refractivity contribution in [2.75, 3.05) is 12.4 Å². The number of aromatic hydroxyl groups is 1. The van der Waals surface area contributed by atoms with Gasteiger partial charge in [0.15, 0.2) is 5.75 Å². The molecule has 0 aliphatic rings. The molecule has 0 radical (unpaired) electrons. The van der Waals surface area contributed by atoms with Crippen molar-refractivity contribution in [1.29, 1.82) is 0 Å². The van der Waals surface area contributed by atoms with E-state index in [1.54, 1.807) is 12.3 Å². The molecule has 0 unspecified atom stereocenters. The first-order chi connectivity index (χ1) is 14.0. The normalized spacial score (nSPS) is 10.8. The fourth-order valence-corrected chi connectivity index (χ4v) is 3.21. The molecule has 146 valence electrons. The third-order valence-corrected chi connectivity index (χ3v) is 4.57. The van der Waals surface area contributed by atoms with Gasteiger partial charge in [-0.1, -0.05) is 18.2 Å². The second-order valence-corrected chi connectivity index (χ2v) is 6.36. The van der Waals surface area contributed by atoms with Crippen LogP contribution >= 0.6 is 0 Å². The summed E-state index contributed by atoms with van der Waals surface area (Å²) < 4.78 is 7.23. The molecule has 2 aromatic carbocycles. The van der Waals surface area contributed by atoms with Gasteiger partial charge in [-0.15, -0.1) is 0 Å². The highest BCUT2D eigenvalue weighted by Gasteiger charge is 2.19. The van der Waals surface area contributed by atoms with Crippen molar-refractivity contribution >= 4 is 28.2 Å². The number of para-hydroxylation sites is 1. The second kappa shape index (κ2) is 7.12. The van der Waals surface area contributed by atoms with Crippen LogP contribution in [0, 0.1) is 10.1 Å². The zero-order chi connectivity index (χ0) is 20.5. The highest BCUT2D eigenvalue weighted by atomic mass is 16.6. The summed E-state index contributed by atoms with van der Waals surface area (Å²) in [5.41, 5.74) is 2.54. The lowest BCUT2D eigenvalue weighted by Gasteiger charge is -2.11. The van der Waals surface area contributed by atoms with Crippen LogP contribution in [0.15, 0.2) is 54.9 Å². The van der Waals surface area contributed by atoms with Crippen LogP contribution < -0.4 is 10.1 Å². The van der Waals surface area contributed by atoms with Crippen molar-refractivity contribution in [1.82, 2.24) is 14.5 Å². The maximum absolute atomic E-state index is 11.1. The molecule has 29 heavy (non-hydrogen) atoms. The summed E-state index contributed by atoms with van der Waals surface area (Å²) in [7, 11) is 3.37. The van der Waals surface area contributed by atoms with Crippen molar-refractivity contribution in [3.63, 3.8) is 0 Å². The molecule has 0 aliphatic heterocycles. The maximum Gasteiger partial charge on any atom is 0.313 e. The van der Waals surface area contributed by atoms with Gasteiger partial charge in [0.1, 0.15) is 5.75 Å². The molecule has 9 nitrogen and oxygen atoms in total. The van der Waals surface area contributed by atoms with Crippen molar-refractivity contribution in [2.24, 2.45) is 7.05 Å². The van der Waals surface area contributed by atoms with Crippen LogP contribution in [0.2, 0.25) is 0 Å². The standard InChI is InChI=1S/C20H17N5O4/c1-24-11-13(12-5-3-4-6-16(12)24)14-7-8-21-20(22-14)23-15-9-17(25(27)28)18(26)10-19(15)29-2/h3-11,26H,1-2H3,(H,21,22,23). The summed E-state index contributed by atoms with van der Waals surface area (Å²) in [6, 6.07) is 12.1. The molecule has 0 fully saturated rings. The van der Waals surface area contributed by atoms with Crippen LogP contribution in [-0.4, -0.2) is 31.7 Å². The SMILES string of the molecule is COc1cc(O)c([N+](=O)[O-])cc1Nc1nccc(-c2cn(C)c3ccccc23)n1. The van der Waals surface area contributed by atoms with Gasteiger partial charge >= 0.3 is 5.69 Å². The van der Waals surface area contributed by atoms with E-state index in [0.29, 0.717) is 5.69 Å². The number of ether oxygens (including phenoxy) is 1. The molecule has 0 bridgehead atoms. The molecule has 4 rings (SSSR count). The summed E-state index contributed by atoms with van der Waals surface area (Å²) >= 11 is 0. The summed E-state index contributed by atoms with van der Waals surface area (Å²) in [5, 5.41) is 24.9. The third-order valence-electron chi connectivity index (χ3n) is 4.57. The molecule has 0 atom stereocenters. The van der Waals surface area contributed by atoms with Crippen molar-refractivity contribution in [3.05, 3.63) is 65.0 Å². The first-order valence-electron chi connectivity index (χ1n) is 8.68. The number of nitro benzene ring substituents is 1. The van der Waals surface area contributed by atoms with Crippen molar-refractivity contribution < 1.29 is 14.8 Å².